The molecule has 1 heterocycles. The van der Waals surface area contributed by atoms with Crippen molar-refractivity contribution in [1.29, 1.82) is 0 Å². The van der Waals surface area contributed by atoms with E-state index in [1.165, 1.54) is 10.5 Å². The van der Waals surface area contributed by atoms with Gasteiger partial charge in [0.05, 0.1) is 5.69 Å². The van der Waals surface area contributed by atoms with Gasteiger partial charge in [-0.15, -0.1) is 0 Å². The van der Waals surface area contributed by atoms with Crippen molar-refractivity contribution < 1.29 is 14.3 Å². The van der Waals surface area contributed by atoms with Crippen LogP contribution in [0, 0.1) is 0 Å². The minimum absolute atomic E-state index is 0.0291. The van der Waals surface area contributed by atoms with Crippen molar-refractivity contribution in [2.45, 2.75) is 19.4 Å². The van der Waals surface area contributed by atoms with E-state index in [9.17, 15) is 9.59 Å². The Balaban J connectivity index is 1.45. The van der Waals surface area contributed by atoms with E-state index in [1.54, 1.807) is 36.4 Å². The minimum Gasteiger partial charge on any atom is -0.486 e. The SMILES string of the molecule is CC(Oc1ccc(N2C(=O)c3cccc4cccc(c34)C2=O)cc1)C1=CC=CC1. The van der Waals surface area contributed by atoms with Crippen molar-refractivity contribution in [3.05, 3.63) is 95.6 Å². The predicted molar refractivity (Wildman–Crippen MR) is 113 cm³/mol. The second kappa shape index (κ2) is 6.74. The molecule has 0 saturated heterocycles. The molecule has 2 amide bonds. The van der Waals surface area contributed by atoms with Crippen LogP contribution in [0.3, 0.4) is 0 Å². The first kappa shape index (κ1) is 17.4. The highest BCUT2D eigenvalue weighted by atomic mass is 16.5. The Morgan fingerprint density at radius 1 is 0.897 bits per heavy atom. The fourth-order valence-corrected chi connectivity index (χ4v) is 3.98. The highest BCUT2D eigenvalue weighted by Gasteiger charge is 2.33. The van der Waals surface area contributed by atoms with Crippen LogP contribution in [0.15, 0.2) is 84.5 Å². The zero-order valence-corrected chi connectivity index (χ0v) is 16.0. The smallest absolute Gasteiger partial charge is 0.265 e. The van der Waals surface area contributed by atoms with E-state index in [2.05, 4.69) is 12.2 Å². The third kappa shape index (κ3) is 2.85. The van der Waals surface area contributed by atoms with Crippen LogP contribution in [0.4, 0.5) is 5.69 Å². The number of anilines is 1. The fourth-order valence-electron chi connectivity index (χ4n) is 3.98. The first-order chi connectivity index (χ1) is 14.1. The summed E-state index contributed by atoms with van der Waals surface area (Å²) in [4.78, 5) is 27.5. The summed E-state index contributed by atoms with van der Waals surface area (Å²) in [5.41, 5.74) is 2.85. The predicted octanol–water partition coefficient (Wildman–Crippen LogP) is 5.29. The number of nitrogens with zero attached hydrogens (tertiary/aromatic N) is 1. The van der Waals surface area contributed by atoms with Gasteiger partial charge in [-0.3, -0.25) is 9.59 Å². The monoisotopic (exact) mass is 381 g/mol. The maximum absolute atomic E-state index is 13.1. The molecule has 1 unspecified atom stereocenters. The van der Waals surface area contributed by atoms with Crippen LogP contribution in [0.1, 0.15) is 34.1 Å². The zero-order valence-electron chi connectivity index (χ0n) is 16.0. The number of imide groups is 1. The third-order valence-electron chi connectivity index (χ3n) is 5.50. The lowest BCUT2D eigenvalue weighted by Crippen LogP contribution is -2.40. The van der Waals surface area contributed by atoms with Crippen LogP contribution >= 0.6 is 0 Å². The minimum atomic E-state index is -0.302. The topological polar surface area (TPSA) is 46.6 Å². The summed E-state index contributed by atoms with van der Waals surface area (Å²) in [6, 6.07) is 18.2. The number of allylic oxidation sites excluding steroid dienone is 3. The summed E-state index contributed by atoms with van der Waals surface area (Å²) >= 11 is 0. The van der Waals surface area contributed by atoms with E-state index >= 15 is 0 Å². The van der Waals surface area contributed by atoms with Gasteiger partial charge in [-0.05, 0) is 60.7 Å². The summed E-state index contributed by atoms with van der Waals surface area (Å²) in [6.07, 6.45) is 7.08. The molecule has 1 aliphatic carbocycles. The van der Waals surface area contributed by atoms with Crippen molar-refractivity contribution in [2.24, 2.45) is 0 Å². The van der Waals surface area contributed by atoms with Crippen molar-refractivity contribution >= 4 is 28.3 Å². The second-order valence-corrected chi connectivity index (χ2v) is 7.28. The zero-order chi connectivity index (χ0) is 20.0. The van der Waals surface area contributed by atoms with Gasteiger partial charge in [-0.1, -0.05) is 42.5 Å². The Bertz CT molecular complexity index is 1150. The van der Waals surface area contributed by atoms with E-state index in [-0.39, 0.29) is 17.9 Å². The Morgan fingerprint density at radius 2 is 1.55 bits per heavy atom. The van der Waals surface area contributed by atoms with E-state index in [0.717, 1.165) is 17.2 Å². The number of amides is 2. The van der Waals surface area contributed by atoms with Crippen molar-refractivity contribution in [1.82, 2.24) is 0 Å². The van der Waals surface area contributed by atoms with Gasteiger partial charge in [0.25, 0.3) is 11.8 Å². The molecule has 1 atom stereocenters. The summed E-state index contributed by atoms with van der Waals surface area (Å²) in [5, 5.41) is 1.63. The molecule has 142 valence electrons. The normalized spacial score (nSPS) is 16.3. The van der Waals surface area contributed by atoms with Gasteiger partial charge in [0.15, 0.2) is 0 Å². The molecule has 5 rings (SSSR count). The molecular weight excluding hydrogens is 362 g/mol. The van der Waals surface area contributed by atoms with Gasteiger partial charge in [0.1, 0.15) is 11.9 Å². The quantitative estimate of drug-likeness (QED) is 0.577. The van der Waals surface area contributed by atoms with Gasteiger partial charge >= 0.3 is 0 Å². The molecule has 0 aromatic heterocycles. The molecule has 0 fully saturated rings. The molecule has 0 N–H and O–H groups in total. The van der Waals surface area contributed by atoms with E-state index in [4.69, 9.17) is 4.74 Å². The molecule has 29 heavy (non-hydrogen) atoms. The Hall–Kier alpha value is -3.66. The lowest BCUT2D eigenvalue weighted by molar-refractivity contribution is 0.0893. The fraction of sp³-hybridized carbons (Fsp3) is 0.120. The number of ether oxygens (including phenoxy) is 1. The molecule has 0 bridgehead atoms. The van der Waals surface area contributed by atoms with Crippen LogP contribution in [0.25, 0.3) is 10.8 Å². The average Bonchev–Trinajstić information content (AvgIpc) is 3.28. The maximum Gasteiger partial charge on any atom is 0.265 e. The number of hydrogen-bond donors (Lipinski definition) is 0. The number of carbonyl (C=O) groups is 2. The van der Waals surface area contributed by atoms with Gasteiger partial charge in [0.2, 0.25) is 0 Å². The van der Waals surface area contributed by atoms with Crippen LogP contribution in [0.2, 0.25) is 0 Å². The standard InChI is InChI=1S/C25H19NO3/c1-16(17-6-2-3-7-17)29-20-14-12-19(13-15-20)26-24(27)21-10-4-8-18-9-5-11-22(23(18)21)25(26)28/h2-6,8-16H,7H2,1H3. The van der Waals surface area contributed by atoms with Crippen LogP contribution in [-0.4, -0.2) is 17.9 Å². The van der Waals surface area contributed by atoms with Crippen molar-refractivity contribution in [3.8, 4) is 5.75 Å². The van der Waals surface area contributed by atoms with Crippen molar-refractivity contribution in [2.75, 3.05) is 4.90 Å². The number of hydrogen-bond acceptors (Lipinski definition) is 3. The van der Waals surface area contributed by atoms with E-state index in [0.29, 0.717) is 22.6 Å². The number of carbonyl (C=O) groups excluding carboxylic acids is 2. The lowest BCUT2D eigenvalue weighted by Gasteiger charge is -2.27. The highest BCUT2D eigenvalue weighted by molar-refractivity contribution is 6.35. The van der Waals surface area contributed by atoms with Gasteiger partial charge in [0, 0.05) is 16.5 Å². The molecule has 0 saturated carbocycles. The van der Waals surface area contributed by atoms with Gasteiger partial charge in [-0.25, -0.2) is 4.90 Å². The molecule has 4 heteroatoms. The van der Waals surface area contributed by atoms with Crippen LogP contribution in [-0.2, 0) is 0 Å². The van der Waals surface area contributed by atoms with Crippen LogP contribution < -0.4 is 9.64 Å². The van der Waals surface area contributed by atoms with Gasteiger partial charge in [-0.2, -0.15) is 0 Å². The Kier molecular flexibility index (Phi) is 4.06. The number of benzene rings is 3. The highest BCUT2D eigenvalue weighted by Crippen LogP contribution is 2.33. The Labute approximate surface area is 168 Å². The molecule has 0 spiro atoms. The molecule has 2 aliphatic rings. The largest absolute Gasteiger partial charge is 0.486 e. The van der Waals surface area contributed by atoms with Crippen LogP contribution in [0.5, 0.6) is 5.75 Å². The van der Waals surface area contributed by atoms with Gasteiger partial charge < -0.3 is 4.74 Å². The first-order valence-corrected chi connectivity index (χ1v) is 9.66. The summed E-state index contributed by atoms with van der Waals surface area (Å²) in [5.74, 6) is 0.0977. The Morgan fingerprint density at radius 3 is 2.14 bits per heavy atom. The maximum atomic E-state index is 13.1. The summed E-state index contributed by atoms with van der Waals surface area (Å²) in [6.45, 7) is 2.02. The summed E-state index contributed by atoms with van der Waals surface area (Å²) < 4.78 is 6.00. The van der Waals surface area contributed by atoms with E-state index < -0.39 is 0 Å². The summed E-state index contributed by atoms with van der Waals surface area (Å²) in [7, 11) is 0. The molecule has 4 nitrogen and oxygen atoms in total. The second-order valence-electron chi connectivity index (χ2n) is 7.28. The molecular formula is C25H19NO3. The molecule has 0 radical (unpaired) electrons. The van der Waals surface area contributed by atoms with E-state index in [1.807, 2.05) is 37.3 Å². The van der Waals surface area contributed by atoms with Crippen molar-refractivity contribution in [3.63, 3.8) is 0 Å². The molecule has 1 aliphatic heterocycles. The average molecular weight is 381 g/mol. The molecule has 3 aromatic carbocycles. The molecule has 3 aromatic rings. The first-order valence-electron chi connectivity index (χ1n) is 9.66. The number of rotatable bonds is 4. The lowest BCUT2D eigenvalue weighted by atomic mass is 9.94. The third-order valence-corrected chi connectivity index (χ3v) is 5.50.